The molecule has 0 aromatic carbocycles. The first-order valence-electron chi connectivity index (χ1n) is 7.00. The van der Waals surface area contributed by atoms with Crippen LogP contribution in [0.5, 0.6) is 0 Å². The summed E-state index contributed by atoms with van der Waals surface area (Å²) in [5, 5.41) is 0. The molecule has 1 saturated carbocycles. The highest BCUT2D eigenvalue weighted by Gasteiger charge is 2.42. The predicted molar refractivity (Wildman–Crippen MR) is 69.3 cm³/mol. The van der Waals surface area contributed by atoms with Crippen LogP contribution < -0.4 is 5.73 Å². The van der Waals surface area contributed by atoms with E-state index >= 15 is 0 Å². The fourth-order valence-corrected chi connectivity index (χ4v) is 3.90. The maximum atomic E-state index is 6.04. The zero-order valence-electron chi connectivity index (χ0n) is 11.2. The molecule has 94 valence electrons. The minimum Gasteiger partial charge on any atom is -0.329 e. The van der Waals surface area contributed by atoms with Crippen LogP contribution in [0.2, 0.25) is 0 Å². The molecule has 0 aromatic heterocycles. The Kier molecular flexibility index (Phi) is 3.60. The largest absolute Gasteiger partial charge is 0.329 e. The van der Waals surface area contributed by atoms with E-state index in [2.05, 4.69) is 25.7 Å². The van der Waals surface area contributed by atoms with Gasteiger partial charge in [0.1, 0.15) is 0 Å². The Bertz CT molecular complexity index is 227. The zero-order chi connectivity index (χ0) is 11.8. The van der Waals surface area contributed by atoms with Gasteiger partial charge in [-0.1, -0.05) is 20.3 Å². The van der Waals surface area contributed by atoms with Crippen LogP contribution in [0.4, 0.5) is 0 Å². The molecule has 3 unspecified atom stereocenters. The van der Waals surface area contributed by atoms with Crippen molar-refractivity contribution in [1.82, 2.24) is 4.90 Å². The van der Waals surface area contributed by atoms with Gasteiger partial charge in [-0.15, -0.1) is 0 Å². The molecule has 2 aliphatic rings. The molecule has 0 spiro atoms. The van der Waals surface area contributed by atoms with Gasteiger partial charge >= 0.3 is 0 Å². The van der Waals surface area contributed by atoms with Crippen LogP contribution in [0.1, 0.15) is 46.5 Å². The van der Waals surface area contributed by atoms with Crippen molar-refractivity contribution in [2.45, 2.75) is 52.0 Å². The second kappa shape index (κ2) is 4.66. The van der Waals surface area contributed by atoms with Crippen molar-refractivity contribution >= 4 is 0 Å². The molecular formula is C14H28N2. The summed E-state index contributed by atoms with van der Waals surface area (Å²) in [7, 11) is 0. The van der Waals surface area contributed by atoms with E-state index in [1.54, 1.807) is 0 Å². The van der Waals surface area contributed by atoms with Crippen LogP contribution in [0.3, 0.4) is 0 Å². The van der Waals surface area contributed by atoms with Gasteiger partial charge in [0, 0.05) is 25.2 Å². The van der Waals surface area contributed by atoms with Gasteiger partial charge < -0.3 is 5.73 Å². The first kappa shape index (κ1) is 12.4. The molecule has 0 radical (unpaired) electrons. The minimum absolute atomic E-state index is 0.249. The number of hydrogen-bond acceptors (Lipinski definition) is 2. The quantitative estimate of drug-likeness (QED) is 0.795. The van der Waals surface area contributed by atoms with E-state index in [9.17, 15) is 0 Å². The average molecular weight is 224 g/mol. The van der Waals surface area contributed by atoms with Crippen molar-refractivity contribution in [2.24, 2.45) is 23.5 Å². The van der Waals surface area contributed by atoms with Crippen LogP contribution in [-0.4, -0.2) is 30.1 Å². The molecule has 2 rings (SSSR count). The lowest BCUT2D eigenvalue weighted by atomic mass is 9.89. The molecule has 1 heterocycles. The van der Waals surface area contributed by atoms with Gasteiger partial charge in [0.25, 0.3) is 0 Å². The van der Waals surface area contributed by atoms with Crippen LogP contribution in [0.15, 0.2) is 0 Å². The molecule has 16 heavy (non-hydrogen) atoms. The fourth-order valence-electron chi connectivity index (χ4n) is 3.90. The Morgan fingerprint density at radius 1 is 1.25 bits per heavy atom. The zero-order valence-corrected chi connectivity index (χ0v) is 11.2. The third kappa shape index (κ3) is 2.28. The molecule has 2 nitrogen and oxygen atoms in total. The summed E-state index contributed by atoms with van der Waals surface area (Å²) in [6.45, 7) is 10.4. The predicted octanol–water partition coefficient (Wildman–Crippen LogP) is 2.48. The first-order valence-corrected chi connectivity index (χ1v) is 7.00. The number of fused-ring (bicyclic) bond motifs is 1. The monoisotopic (exact) mass is 224 g/mol. The van der Waals surface area contributed by atoms with Gasteiger partial charge in [0.05, 0.1) is 0 Å². The van der Waals surface area contributed by atoms with Crippen LogP contribution in [0.25, 0.3) is 0 Å². The number of nitrogens with zero attached hydrogens (tertiary/aromatic N) is 1. The van der Waals surface area contributed by atoms with E-state index < -0.39 is 0 Å². The Hall–Kier alpha value is -0.0800. The summed E-state index contributed by atoms with van der Waals surface area (Å²) < 4.78 is 0. The maximum Gasteiger partial charge on any atom is 0.0306 e. The molecule has 1 aliphatic heterocycles. The van der Waals surface area contributed by atoms with Crippen molar-refractivity contribution in [3.8, 4) is 0 Å². The smallest absolute Gasteiger partial charge is 0.0306 e. The molecular weight excluding hydrogens is 196 g/mol. The van der Waals surface area contributed by atoms with Gasteiger partial charge in [-0.3, -0.25) is 4.90 Å². The molecule has 1 aliphatic carbocycles. The van der Waals surface area contributed by atoms with Crippen molar-refractivity contribution in [3.05, 3.63) is 0 Å². The summed E-state index contributed by atoms with van der Waals surface area (Å²) in [4.78, 5) is 2.70. The van der Waals surface area contributed by atoms with Crippen LogP contribution in [0, 0.1) is 17.8 Å². The van der Waals surface area contributed by atoms with Crippen molar-refractivity contribution in [1.29, 1.82) is 0 Å². The molecule has 0 bridgehead atoms. The summed E-state index contributed by atoms with van der Waals surface area (Å²) in [5.41, 5.74) is 6.29. The van der Waals surface area contributed by atoms with E-state index in [1.165, 1.54) is 38.8 Å². The molecule has 3 atom stereocenters. The molecule has 1 saturated heterocycles. The summed E-state index contributed by atoms with van der Waals surface area (Å²) in [6.07, 6.45) is 5.63. The van der Waals surface area contributed by atoms with E-state index in [0.717, 1.165) is 24.3 Å². The first-order chi connectivity index (χ1) is 7.55. The van der Waals surface area contributed by atoms with Crippen LogP contribution in [-0.2, 0) is 0 Å². The van der Waals surface area contributed by atoms with E-state index in [-0.39, 0.29) is 5.54 Å². The number of rotatable bonds is 4. The Morgan fingerprint density at radius 3 is 2.25 bits per heavy atom. The summed E-state index contributed by atoms with van der Waals surface area (Å²) >= 11 is 0. The highest BCUT2D eigenvalue weighted by Crippen LogP contribution is 2.41. The molecule has 2 fully saturated rings. The second-order valence-corrected chi connectivity index (χ2v) is 6.66. The Morgan fingerprint density at radius 2 is 1.81 bits per heavy atom. The van der Waals surface area contributed by atoms with Gasteiger partial charge in [-0.2, -0.15) is 0 Å². The second-order valence-electron chi connectivity index (χ2n) is 6.66. The molecule has 2 heteroatoms. The van der Waals surface area contributed by atoms with Gasteiger partial charge in [0.2, 0.25) is 0 Å². The number of nitrogens with two attached hydrogens (primary N) is 1. The lowest BCUT2D eigenvalue weighted by Crippen LogP contribution is -2.51. The Balaban J connectivity index is 2.00. The number of hydrogen-bond donors (Lipinski definition) is 1. The Labute approximate surface area is 101 Å². The summed E-state index contributed by atoms with van der Waals surface area (Å²) in [6, 6.07) is 0. The molecule has 0 amide bonds. The summed E-state index contributed by atoms with van der Waals surface area (Å²) in [5.74, 6) is 2.71. The highest BCUT2D eigenvalue weighted by molar-refractivity contribution is 4.97. The van der Waals surface area contributed by atoms with Gasteiger partial charge in [-0.25, -0.2) is 0 Å². The van der Waals surface area contributed by atoms with Gasteiger partial charge in [0.15, 0.2) is 0 Å². The van der Waals surface area contributed by atoms with E-state index in [4.69, 9.17) is 5.73 Å². The average Bonchev–Trinajstić information content (AvgIpc) is 2.75. The third-order valence-corrected chi connectivity index (χ3v) is 4.78. The topological polar surface area (TPSA) is 29.3 Å². The lowest BCUT2D eigenvalue weighted by Gasteiger charge is -2.40. The van der Waals surface area contributed by atoms with Crippen LogP contribution >= 0.6 is 0 Å². The van der Waals surface area contributed by atoms with Crippen molar-refractivity contribution in [3.63, 3.8) is 0 Å². The van der Waals surface area contributed by atoms with E-state index in [0.29, 0.717) is 0 Å². The lowest BCUT2D eigenvalue weighted by molar-refractivity contribution is 0.107. The standard InChI is InChI=1S/C14H28N2/c1-11(2)7-14(3,10-15)16-8-12-5-4-6-13(12)9-16/h11-13H,4-10,15H2,1-3H3. The van der Waals surface area contributed by atoms with Crippen molar-refractivity contribution < 1.29 is 0 Å². The molecule has 0 aromatic rings. The van der Waals surface area contributed by atoms with Crippen molar-refractivity contribution in [2.75, 3.05) is 19.6 Å². The third-order valence-electron chi connectivity index (χ3n) is 4.78. The fraction of sp³-hybridized carbons (Fsp3) is 1.00. The van der Waals surface area contributed by atoms with Gasteiger partial charge in [-0.05, 0) is 43.9 Å². The maximum absolute atomic E-state index is 6.04. The minimum atomic E-state index is 0.249. The normalized spacial score (nSPS) is 34.3. The molecule has 2 N–H and O–H groups in total. The highest BCUT2D eigenvalue weighted by atomic mass is 15.2. The van der Waals surface area contributed by atoms with E-state index in [1.807, 2.05) is 0 Å². The SMILES string of the molecule is CC(C)CC(C)(CN)N1CC2CCCC2C1. The number of likely N-dealkylation sites (tertiary alicyclic amines) is 1.